The first-order valence-electron chi connectivity index (χ1n) is 4.65. The van der Waals surface area contributed by atoms with Crippen LogP contribution in [0, 0.1) is 0 Å². The first-order valence-corrected chi connectivity index (χ1v) is 4.65. The van der Waals surface area contributed by atoms with Crippen LogP contribution in [0.25, 0.3) is 0 Å². The molecular formula is C9H15NO5. The summed E-state index contributed by atoms with van der Waals surface area (Å²) in [5.41, 5.74) is -1.27. The summed E-state index contributed by atoms with van der Waals surface area (Å²) in [4.78, 5) is 22.0. The Hall–Kier alpha value is -1.14. The van der Waals surface area contributed by atoms with Crippen LogP contribution in [0.15, 0.2) is 0 Å². The monoisotopic (exact) mass is 217 g/mol. The topological polar surface area (TPSA) is 84.9 Å². The highest BCUT2D eigenvalue weighted by Crippen LogP contribution is 2.35. The molecular weight excluding hydrogens is 202 g/mol. The lowest BCUT2D eigenvalue weighted by molar-refractivity contribution is -0.179. The number of methoxy groups -OCH3 is 1. The first-order chi connectivity index (χ1) is 7.03. The number of aliphatic carboxylic acids is 1. The van der Waals surface area contributed by atoms with E-state index < -0.39 is 17.6 Å². The van der Waals surface area contributed by atoms with Gasteiger partial charge in [-0.25, -0.2) is 4.79 Å². The average Bonchev–Trinajstić information content (AvgIpc) is 2.12. The van der Waals surface area contributed by atoms with Crippen LogP contribution in [-0.2, 0) is 19.1 Å². The van der Waals surface area contributed by atoms with Crippen molar-refractivity contribution in [1.29, 1.82) is 0 Å². The molecule has 1 aliphatic rings. The van der Waals surface area contributed by atoms with Gasteiger partial charge in [0, 0.05) is 14.0 Å². The Morgan fingerprint density at radius 2 is 2.27 bits per heavy atom. The maximum atomic E-state index is 11.1. The number of nitrogens with one attached hydrogen (secondary N) is 1. The van der Waals surface area contributed by atoms with Crippen LogP contribution >= 0.6 is 0 Å². The van der Waals surface area contributed by atoms with E-state index in [1.165, 1.54) is 14.0 Å². The number of amides is 1. The van der Waals surface area contributed by atoms with Gasteiger partial charge >= 0.3 is 5.97 Å². The molecule has 0 spiro atoms. The number of carbonyl (C=O) groups excluding carboxylic acids is 1. The third kappa shape index (κ3) is 2.27. The fraction of sp³-hybridized carbons (Fsp3) is 0.778. The Balaban J connectivity index is 2.65. The van der Waals surface area contributed by atoms with Crippen LogP contribution in [0.3, 0.4) is 0 Å². The molecule has 0 aromatic carbocycles. The lowest BCUT2D eigenvalue weighted by Gasteiger charge is -2.45. The third-order valence-corrected chi connectivity index (χ3v) is 2.52. The summed E-state index contributed by atoms with van der Waals surface area (Å²) >= 11 is 0. The van der Waals surface area contributed by atoms with Gasteiger partial charge in [0.2, 0.25) is 5.91 Å². The van der Waals surface area contributed by atoms with E-state index in [9.17, 15) is 9.59 Å². The van der Waals surface area contributed by atoms with Gasteiger partial charge < -0.3 is 19.9 Å². The molecule has 2 atom stereocenters. The Kier molecular flexibility index (Phi) is 3.65. The molecule has 86 valence electrons. The largest absolute Gasteiger partial charge is 0.479 e. The van der Waals surface area contributed by atoms with Crippen molar-refractivity contribution in [3.05, 3.63) is 0 Å². The van der Waals surface area contributed by atoms with E-state index in [1.807, 2.05) is 0 Å². The van der Waals surface area contributed by atoms with Crippen molar-refractivity contribution < 1.29 is 24.2 Å². The second-order valence-electron chi connectivity index (χ2n) is 3.56. The molecule has 0 aliphatic heterocycles. The molecule has 1 aliphatic carbocycles. The molecule has 0 heterocycles. The normalized spacial score (nSPS) is 29.3. The zero-order valence-electron chi connectivity index (χ0n) is 8.78. The lowest BCUT2D eigenvalue weighted by Crippen LogP contribution is -2.68. The molecule has 6 nitrogen and oxygen atoms in total. The van der Waals surface area contributed by atoms with Gasteiger partial charge in [-0.05, 0) is 12.8 Å². The SMILES string of the molecule is COCO[C@@H]1CC[C@]1(NC(C)=O)C(=O)O. The van der Waals surface area contributed by atoms with Crippen LogP contribution < -0.4 is 5.32 Å². The highest BCUT2D eigenvalue weighted by Gasteiger charge is 2.55. The van der Waals surface area contributed by atoms with Crippen LogP contribution in [0.2, 0.25) is 0 Å². The average molecular weight is 217 g/mol. The summed E-state index contributed by atoms with van der Waals surface area (Å²) in [6.07, 6.45) is 0.477. The van der Waals surface area contributed by atoms with Gasteiger partial charge in [0.25, 0.3) is 0 Å². The predicted octanol–water partition coefficient (Wildman–Crippen LogP) is -0.271. The fourth-order valence-corrected chi connectivity index (χ4v) is 1.68. The van der Waals surface area contributed by atoms with Crippen molar-refractivity contribution in [2.24, 2.45) is 0 Å². The highest BCUT2D eigenvalue weighted by molar-refractivity contribution is 5.87. The molecule has 6 heteroatoms. The quantitative estimate of drug-likeness (QED) is 0.619. The maximum Gasteiger partial charge on any atom is 0.332 e. The van der Waals surface area contributed by atoms with Crippen molar-refractivity contribution in [2.75, 3.05) is 13.9 Å². The molecule has 0 bridgehead atoms. The molecule has 2 N–H and O–H groups in total. The second kappa shape index (κ2) is 4.59. The standard InChI is InChI=1S/C9H15NO5/c1-6(11)10-9(8(12)13)4-3-7(9)15-5-14-2/h7H,3-5H2,1-2H3,(H,10,11)(H,12,13)/t7-,9-/m1/s1. The van der Waals surface area contributed by atoms with Crippen molar-refractivity contribution in [3.63, 3.8) is 0 Å². The second-order valence-corrected chi connectivity index (χ2v) is 3.56. The van der Waals surface area contributed by atoms with Crippen molar-refractivity contribution in [3.8, 4) is 0 Å². The van der Waals surface area contributed by atoms with Crippen molar-refractivity contribution >= 4 is 11.9 Å². The van der Waals surface area contributed by atoms with Gasteiger partial charge in [-0.1, -0.05) is 0 Å². The lowest BCUT2D eigenvalue weighted by atomic mass is 9.73. The number of hydrogen-bond donors (Lipinski definition) is 2. The Labute approximate surface area is 87.5 Å². The van der Waals surface area contributed by atoms with Gasteiger partial charge in [0.05, 0.1) is 6.10 Å². The smallest absolute Gasteiger partial charge is 0.332 e. The number of carboxylic acids is 1. The van der Waals surface area contributed by atoms with E-state index in [4.69, 9.17) is 14.6 Å². The molecule has 1 fully saturated rings. The predicted molar refractivity (Wildman–Crippen MR) is 50.2 cm³/mol. The van der Waals surface area contributed by atoms with Crippen LogP contribution in [-0.4, -0.2) is 42.5 Å². The number of carboxylic acid groups (broad SMARTS) is 1. The van der Waals surface area contributed by atoms with Crippen molar-refractivity contribution in [1.82, 2.24) is 5.32 Å². The summed E-state index contributed by atoms with van der Waals surface area (Å²) < 4.78 is 9.89. The third-order valence-electron chi connectivity index (χ3n) is 2.52. The summed E-state index contributed by atoms with van der Waals surface area (Å²) in [5, 5.41) is 11.5. The minimum Gasteiger partial charge on any atom is -0.479 e. The minimum atomic E-state index is -1.27. The molecule has 0 unspecified atom stereocenters. The van der Waals surface area contributed by atoms with E-state index in [1.54, 1.807) is 0 Å². The van der Waals surface area contributed by atoms with E-state index in [2.05, 4.69) is 5.32 Å². The van der Waals surface area contributed by atoms with Gasteiger partial charge in [-0.2, -0.15) is 0 Å². The Morgan fingerprint density at radius 3 is 2.60 bits per heavy atom. The number of hydrogen-bond acceptors (Lipinski definition) is 4. The van der Waals surface area contributed by atoms with Gasteiger partial charge in [-0.3, -0.25) is 4.79 Å². The van der Waals surface area contributed by atoms with E-state index in [-0.39, 0.29) is 12.7 Å². The Morgan fingerprint density at radius 1 is 1.60 bits per heavy atom. The van der Waals surface area contributed by atoms with E-state index in [0.29, 0.717) is 12.8 Å². The Bertz CT molecular complexity index is 267. The summed E-state index contributed by atoms with van der Waals surface area (Å²) in [6.45, 7) is 1.32. The van der Waals surface area contributed by atoms with E-state index in [0.717, 1.165) is 0 Å². The number of ether oxygens (including phenoxy) is 2. The van der Waals surface area contributed by atoms with Gasteiger partial charge in [-0.15, -0.1) is 0 Å². The molecule has 0 radical (unpaired) electrons. The molecule has 0 saturated heterocycles. The fourth-order valence-electron chi connectivity index (χ4n) is 1.68. The maximum absolute atomic E-state index is 11.1. The molecule has 0 aromatic rings. The molecule has 1 amide bonds. The zero-order valence-corrected chi connectivity index (χ0v) is 8.78. The molecule has 1 rings (SSSR count). The molecule has 1 saturated carbocycles. The number of carbonyl (C=O) groups is 2. The van der Waals surface area contributed by atoms with Gasteiger partial charge in [0.1, 0.15) is 6.79 Å². The summed E-state index contributed by atoms with van der Waals surface area (Å²) in [6, 6.07) is 0. The minimum absolute atomic E-state index is 0.0271. The highest BCUT2D eigenvalue weighted by atomic mass is 16.7. The summed E-state index contributed by atoms with van der Waals surface area (Å²) in [5.74, 6) is -1.44. The van der Waals surface area contributed by atoms with Crippen LogP contribution in [0.4, 0.5) is 0 Å². The molecule has 0 aromatic heterocycles. The number of rotatable bonds is 5. The van der Waals surface area contributed by atoms with Crippen molar-refractivity contribution in [2.45, 2.75) is 31.4 Å². The molecule has 15 heavy (non-hydrogen) atoms. The van der Waals surface area contributed by atoms with Gasteiger partial charge in [0.15, 0.2) is 5.54 Å². The zero-order chi connectivity index (χ0) is 11.5. The summed E-state index contributed by atoms with van der Waals surface area (Å²) in [7, 11) is 1.46. The van der Waals surface area contributed by atoms with Crippen LogP contribution in [0.1, 0.15) is 19.8 Å². The van der Waals surface area contributed by atoms with E-state index >= 15 is 0 Å². The first kappa shape index (κ1) is 11.9. The van der Waals surface area contributed by atoms with Crippen LogP contribution in [0.5, 0.6) is 0 Å².